The molecule has 2 aromatic rings. The van der Waals surface area contributed by atoms with E-state index in [1.54, 1.807) is 6.20 Å². The highest BCUT2D eigenvalue weighted by Gasteiger charge is 2.29. The van der Waals surface area contributed by atoms with E-state index in [4.69, 9.17) is 5.73 Å². The van der Waals surface area contributed by atoms with Gasteiger partial charge in [0.2, 0.25) is 0 Å². The van der Waals surface area contributed by atoms with Crippen molar-refractivity contribution in [3.05, 3.63) is 46.4 Å². The van der Waals surface area contributed by atoms with E-state index in [0.29, 0.717) is 0 Å². The Bertz CT molecular complexity index is 506. The van der Waals surface area contributed by atoms with Crippen molar-refractivity contribution in [1.29, 1.82) is 0 Å². The van der Waals surface area contributed by atoms with Gasteiger partial charge in [-0.1, -0.05) is 6.07 Å². The van der Waals surface area contributed by atoms with Crippen molar-refractivity contribution < 1.29 is 0 Å². The Hall–Kier alpha value is -1.39. The number of hydrogen-bond donors (Lipinski definition) is 1. The Balaban J connectivity index is 1.70. The number of pyridine rings is 1. The molecule has 1 fully saturated rings. The van der Waals surface area contributed by atoms with Crippen molar-refractivity contribution in [2.45, 2.75) is 32.0 Å². The van der Waals surface area contributed by atoms with Gasteiger partial charge in [0.05, 0.1) is 5.69 Å². The number of nitrogens with zero attached hydrogens (tertiary/aromatic N) is 2. The molecule has 0 radical (unpaired) electrons. The summed E-state index contributed by atoms with van der Waals surface area (Å²) in [4.78, 5) is 8.33. The molecule has 94 valence electrons. The normalized spacial score (nSPS) is 15.2. The van der Waals surface area contributed by atoms with E-state index in [9.17, 15) is 0 Å². The zero-order valence-corrected chi connectivity index (χ0v) is 11.1. The molecule has 0 amide bonds. The molecule has 2 heterocycles. The highest BCUT2D eigenvalue weighted by atomic mass is 32.1. The van der Waals surface area contributed by atoms with Gasteiger partial charge < -0.3 is 5.73 Å². The molecular weight excluding hydrogens is 242 g/mol. The molecule has 0 spiro atoms. The first kappa shape index (κ1) is 11.7. The Morgan fingerprint density at radius 1 is 1.33 bits per heavy atom. The average molecular weight is 259 g/mol. The van der Waals surface area contributed by atoms with Gasteiger partial charge in [-0.15, -0.1) is 11.3 Å². The lowest BCUT2D eigenvalue weighted by Gasteiger charge is -2.20. The van der Waals surface area contributed by atoms with Gasteiger partial charge in [-0.2, -0.15) is 0 Å². The second kappa shape index (κ2) is 5.08. The van der Waals surface area contributed by atoms with Gasteiger partial charge >= 0.3 is 0 Å². The number of aromatic nitrogens is 1. The molecule has 3 nitrogen and oxygen atoms in total. The van der Waals surface area contributed by atoms with Gasteiger partial charge in [-0.05, 0) is 36.4 Å². The third kappa shape index (κ3) is 2.89. The summed E-state index contributed by atoms with van der Waals surface area (Å²) < 4.78 is 0. The number of rotatable bonds is 5. The van der Waals surface area contributed by atoms with Crippen LogP contribution in [0, 0.1) is 0 Å². The summed E-state index contributed by atoms with van der Waals surface area (Å²) in [5.74, 6) is 0. The summed E-state index contributed by atoms with van der Waals surface area (Å²) >= 11 is 1.82. The lowest BCUT2D eigenvalue weighted by Crippen LogP contribution is -2.25. The first-order chi connectivity index (χ1) is 8.81. The smallest absolute Gasteiger partial charge is 0.0564 e. The summed E-state index contributed by atoms with van der Waals surface area (Å²) in [6, 6.07) is 8.86. The van der Waals surface area contributed by atoms with Crippen LogP contribution < -0.4 is 5.73 Å². The van der Waals surface area contributed by atoms with Crippen LogP contribution in [-0.4, -0.2) is 15.9 Å². The minimum absolute atomic E-state index is 0.732. The zero-order valence-electron chi connectivity index (χ0n) is 10.2. The molecule has 2 aromatic heterocycles. The third-order valence-corrected chi connectivity index (χ3v) is 4.07. The van der Waals surface area contributed by atoms with Crippen molar-refractivity contribution in [2.75, 3.05) is 5.73 Å². The van der Waals surface area contributed by atoms with Crippen LogP contribution in [0.3, 0.4) is 0 Å². The predicted molar refractivity (Wildman–Crippen MR) is 75.2 cm³/mol. The lowest BCUT2D eigenvalue weighted by atomic mass is 10.3. The van der Waals surface area contributed by atoms with Crippen LogP contribution in [0.15, 0.2) is 35.8 Å². The first-order valence-corrected chi connectivity index (χ1v) is 7.16. The summed E-state index contributed by atoms with van der Waals surface area (Å²) in [6.07, 6.45) is 4.42. The molecule has 0 aromatic carbocycles. The molecule has 1 aliphatic rings. The number of nitrogens with two attached hydrogens (primary N) is 1. The molecule has 0 aliphatic heterocycles. The largest absolute Gasteiger partial charge is 0.399 e. The fraction of sp³-hybridized carbons (Fsp3) is 0.357. The maximum atomic E-state index is 5.81. The van der Waals surface area contributed by atoms with Gasteiger partial charge in [0.1, 0.15) is 0 Å². The van der Waals surface area contributed by atoms with E-state index in [1.807, 2.05) is 23.5 Å². The maximum Gasteiger partial charge on any atom is 0.0564 e. The van der Waals surface area contributed by atoms with E-state index in [-0.39, 0.29) is 0 Å². The van der Waals surface area contributed by atoms with Gasteiger partial charge in [0, 0.05) is 35.9 Å². The van der Waals surface area contributed by atoms with Crippen LogP contribution in [0.5, 0.6) is 0 Å². The fourth-order valence-electron chi connectivity index (χ4n) is 2.15. The predicted octanol–water partition coefficient (Wildman–Crippen LogP) is 2.89. The maximum absolute atomic E-state index is 5.81. The van der Waals surface area contributed by atoms with Crippen molar-refractivity contribution >= 4 is 17.0 Å². The molecule has 0 bridgehead atoms. The van der Waals surface area contributed by atoms with Gasteiger partial charge in [-0.25, -0.2) is 0 Å². The molecule has 2 N–H and O–H groups in total. The van der Waals surface area contributed by atoms with Crippen LogP contribution in [0.4, 0.5) is 5.69 Å². The van der Waals surface area contributed by atoms with Crippen LogP contribution in [0.25, 0.3) is 0 Å². The van der Waals surface area contributed by atoms with Crippen LogP contribution in [0.2, 0.25) is 0 Å². The fourth-order valence-corrected chi connectivity index (χ4v) is 2.88. The van der Waals surface area contributed by atoms with E-state index < -0.39 is 0 Å². The number of anilines is 1. The van der Waals surface area contributed by atoms with Crippen molar-refractivity contribution in [3.8, 4) is 0 Å². The summed E-state index contributed by atoms with van der Waals surface area (Å²) in [5, 5.41) is 2.14. The van der Waals surface area contributed by atoms with Gasteiger partial charge in [0.25, 0.3) is 0 Å². The molecule has 1 saturated carbocycles. The van der Waals surface area contributed by atoms with Crippen molar-refractivity contribution in [3.63, 3.8) is 0 Å². The highest BCUT2D eigenvalue weighted by molar-refractivity contribution is 7.09. The molecule has 0 saturated heterocycles. The molecule has 4 heteroatoms. The third-order valence-electron chi connectivity index (χ3n) is 3.21. The number of nitrogen functional groups attached to an aromatic ring is 1. The van der Waals surface area contributed by atoms with Crippen LogP contribution >= 0.6 is 11.3 Å². The van der Waals surface area contributed by atoms with Crippen molar-refractivity contribution in [2.24, 2.45) is 0 Å². The van der Waals surface area contributed by atoms with E-state index in [1.165, 1.54) is 17.7 Å². The van der Waals surface area contributed by atoms with Crippen LogP contribution in [-0.2, 0) is 13.1 Å². The summed E-state index contributed by atoms with van der Waals surface area (Å²) in [6.45, 7) is 1.92. The van der Waals surface area contributed by atoms with Crippen molar-refractivity contribution in [1.82, 2.24) is 9.88 Å². The minimum atomic E-state index is 0.732. The second-order valence-electron chi connectivity index (χ2n) is 4.80. The minimum Gasteiger partial charge on any atom is -0.399 e. The molecule has 18 heavy (non-hydrogen) atoms. The number of thiophene rings is 1. The zero-order chi connectivity index (χ0) is 12.4. The topological polar surface area (TPSA) is 42.1 Å². The highest BCUT2D eigenvalue weighted by Crippen LogP contribution is 2.30. The van der Waals surface area contributed by atoms with Crippen LogP contribution in [0.1, 0.15) is 23.4 Å². The molecule has 1 aliphatic carbocycles. The second-order valence-corrected chi connectivity index (χ2v) is 5.83. The van der Waals surface area contributed by atoms with E-state index >= 15 is 0 Å². The van der Waals surface area contributed by atoms with E-state index in [0.717, 1.165) is 30.5 Å². The monoisotopic (exact) mass is 259 g/mol. The number of hydrogen-bond acceptors (Lipinski definition) is 4. The molecule has 0 atom stereocenters. The molecule has 3 rings (SSSR count). The lowest BCUT2D eigenvalue weighted by molar-refractivity contribution is 0.245. The molecule has 0 unspecified atom stereocenters. The molecular formula is C14H17N3S. The average Bonchev–Trinajstić information content (AvgIpc) is 3.08. The van der Waals surface area contributed by atoms with Gasteiger partial charge in [-0.3, -0.25) is 9.88 Å². The SMILES string of the molecule is Nc1ccnc(CN(Cc2cccs2)C2CC2)c1. The standard InChI is InChI=1S/C14H17N3S/c15-11-5-6-16-12(8-11)9-17(13-3-4-13)10-14-2-1-7-18-14/h1-2,5-8,13H,3-4,9-10H2,(H2,15,16). The Labute approximate surface area is 111 Å². The summed E-state index contributed by atoms with van der Waals surface area (Å²) in [5.41, 5.74) is 7.67. The Morgan fingerprint density at radius 3 is 2.89 bits per heavy atom. The first-order valence-electron chi connectivity index (χ1n) is 6.28. The Kier molecular flexibility index (Phi) is 3.30. The quantitative estimate of drug-likeness (QED) is 0.897. The summed E-state index contributed by atoms with van der Waals surface area (Å²) in [7, 11) is 0. The van der Waals surface area contributed by atoms with E-state index in [2.05, 4.69) is 27.4 Å². The Morgan fingerprint density at radius 2 is 2.22 bits per heavy atom. The van der Waals surface area contributed by atoms with Gasteiger partial charge in [0.15, 0.2) is 0 Å².